The molecule has 10 atom stereocenters. The highest BCUT2D eigenvalue weighted by Crippen LogP contribution is 2.23. The lowest BCUT2D eigenvalue weighted by Crippen LogP contribution is -2.60. The number of aliphatic hydroxyl groups excluding tert-OH is 7. The van der Waals surface area contributed by atoms with Gasteiger partial charge in [0, 0.05) is 0 Å². The maximum atomic E-state index is 13.1. The molecule has 358 valence electrons. The van der Waals surface area contributed by atoms with Crippen LogP contribution in [-0.2, 0) is 14.3 Å². The zero-order chi connectivity index (χ0) is 44.2. The largest absolute Gasteiger partial charge is 0.394 e. The van der Waals surface area contributed by atoms with Gasteiger partial charge >= 0.3 is 0 Å². The van der Waals surface area contributed by atoms with Crippen molar-refractivity contribution in [3.63, 3.8) is 0 Å². The zero-order valence-corrected chi connectivity index (χ0v) is 38.9. The second-order valence-corrected chi connectivity index (χ2v) is 18.5. The maximum absolute atomic E-state index is 13.1. The van der Waals surface area contributed by atoms with Gasteiger partial charge in [-0.25, -0.2) is 0 Å². The lowest BCUT2D eigenvalue weighted by Gasteiger charge is -2.40. The SMILES string of the molecule is CCCCCCCCCCCCCCCCCCCCCC[C@@H](O)C(=O)N[C@@H](CO[C@@H]1O[C@H](CO)[C@@H](O)[C@H](O)[C@H]1O)[C@H](O)[C@H](O)CCCCCCCCCCC[C@@H](C)CC. The van der Waals surface area contributed by atoms with E-state index in [-0.39, 0.29) is 6.42 Å². The molecule has 1 heterocycles. The van der Waals surface area contributed by atoms with Gasteiger partial charge in [0.1, 0.15) is 36.6 Å². The van der Waals surface area contributed by atoms with Crippen molar-refractivity contribution in [1.29, 1.82) is 0 Å². The van der Waals surface area contributed by atoms with E-state index < -0.39 is 74.2 Å². The fourth-order valence-electron chi connectivity index (χ4n) is 8.36. The van der Waals surface area contributed by atoms with E-state index in [9.17, 15) is 40.5 Å². The second kappa shape index (κ2) is 38.6. The quantitative estimate of drug-likeness (QED) is 0.0275. The Bertz CT molecular complexity index is 959. The van der Waals surface area contributed by atoms with E-state index >= 15 is 0 Å². The highest BCUT2D eigenvalue weighted by Gasteiger charge is 2.44. The monoisotopic (exact) mass is 860 g/mol. The van der Waals surface area contributed by atoms with Crippen molar-refractivity contribution in [2.45, 2.75) is 288 Å². The van der Waals surface area contributed by atoms with Crippen molar-refractivity contribution in [2.24, 2.45) is 5.92 Å². The zero-order valence-electron chi connectivity index (χ0n) is 38.9. The Morgan fingerprint density at radius 2 is 0.967 bits per heavy atom. The smallest absolute Gasteiger partial charge is 0.249 e. The van der Waals surface area contributed by atoms with Gasteiger partial charge in [0.15, 0.2) is 6.29 Å². The minimum absolute atomic E-state index is 0.266. The van der Waals surface area contributed by atoms with Gasteiger partial charge in [-0.05, 0) is 18.8 Å². The third-order valence-electron chi connectivity index (χ3n) is 13.0. The molecule has 0 aromatic carbocycles. The van der Waals surface area contributed by atoms with E-state index in [2.05, 4.69) is 26.1 Å². The summed E-state index contributed by atoms with van der Waals surface area (Å²) < 4.78 is 11.1. The fraction of sp³-hybridized carbons (Fsp3) is 0.980. The fourth-order valence-corrected chi connectivity index (χ4v) is 8.36. The molecule has 11 heteroatoms. The lowest BCUT2D eigenvalue weighted by molar-refractivity contribution is -0.303. The van der Waals surface area contributed by atoms with E-state index in [1.807, 2.05) is 0 Å². The van der Waals surface area contributed by atoms with Crippen molar-refractivity contribution in [2.75, 3.05) is 13.2 Å². The van der Waals surface area contributed by atoms with Crippen LogP contribution in [0.1, 0.15) is 233 Å². The Kier molecular flexibility index (Phi) is 36.7. The first-order valence-corrected chi connectivity index (χ1v) is 25.3. The standard InChI is InChI=1S/C49H97NO10/c1-4-6-7-8-9-10-11-12-13-14-15-16-17-18-19-20-23-27-30-33-36-42(53)48(58)50-40(38-59-49-47(57)46(56)45(55)43(37-51)60-49)44(54)41(52)35-32-29-26-24-21-22-25-28-31-34-39(3)5-2/h39-47,49,51-57H,4-38H2,1-3H3,(H,50,58)/t39-,40-,41+,42+,43+,44-,45+,46-,47+,49+/m0/s1. The molecule has 0 radical (unpaired) electrons. The number of hydrogen-bond acceptors (Lipinski definition) is 10. The molecule has 0 unspecified atom stereocenters. The van der Waals surface area contributed by atoms with Gasteiger partial charge in [0.05, 0.1) is 25.4 Å². The molecule has 0 aliphatic carbocycles. The number of aliphatic hydroxyl groups is 7. The molecule has 1 rings (SSSR count). The summed E-state index contributed by atoms with van der Waals surface area (Å²) >= 11 is 0. The minimum Gasteiger partial charge on any atom is -0.394 e. The summed E-state index contributed by atoms with van der Waals surface area (Å²) in [5.41, 5.74) is 0. The number of ether oxygens (including phenoxy) is 2. The van der Waals surface area contributed by atoms with Gasteiger partial charge in [0.25, 0.3) is 0 Å². The van der Waals surface area contributed by atoms with Gasteiger partial charge in [-0.15, -0.1) is 0 Å². The predicted molar refractivity (Wildman–Crippen MR) is 243 cm³/mol. The normalized spacial score (nSPS) is 22.1. The van der Waals surface area contributed by atoms with Crippen LogP contribution >= 0.6 is 0 Å². The first-order valence-electron chi connectivity index (χ1n) is 25.3. The van der Waals surface area contributed by atoms with Crippen molar-refractivity contribution in [1.82, 2.24) is 5.32 Å². The molecule has 0 aromatic rings. The Morgan fingerprint density at radius 1 is 0.567 bits per heavy atom. The van der Waals surface area contributed by atoms with Gasteiger partial charge in [-0.1, -0.05) is 220 Å². The number of hydrogen-bond donors (Lipinski definition) is 8. The summed E-state index contributed by atoms with van der Waals surface area (Å²) in [4.78, 5) is 13.1. The van der Waals surface area contributed by atoms with Crippen LogP contribution in [0.25, 0.3) is 0 Å². The molecular formula is C49H97NO10. The van der Waals surface area contributed by atoms with Crippen LogP contribution in [0.15, 0.2) is 0 Å². The number of carbonyl (C=O) groups is 1. The summed E-state index contributed by atoms with van der Waals surface area (Å²) in [6, 6.07) is -1.16. The van der Waals surface area contributed by atoms with E-state index in [0.29, 0.717) is 19.3 Å². The lowest BCUT2D eigenvalue weighted by atomic mass is 9.98. The number of carbonyl (C=O) groups excluding carboxylic acids is 1. The van der Waals surface area contributed by atoms with Gasteiger partial charge in [0.2, 0.25) is 5.91 Å². The summed E-state index contributed by atoms with van der Waals surface area (Å²) in [6.07, 6.45) is 27.2. The molecule has 1 aliphatic rings. The number of rotatable bonds is 42. The maximum Gasteiger partial charge on any atom is 0.249 e. The number of amides is 1. The third-order valence-corrected chi connectivity index (χ3v) is 13.0. The van der Waals surface area contributed by atoms with Crippen LogP contribution in [-0.4, -0.2) is 110 Å². The third kappa shape index (κ3) is 28.0. The molecule has 8 N–H and O–H groups in total. The molecular weight excluding hydrogens is 763 g/mol. The van der Waals surface area contributed by atoms with E-state index in [1.165, 1.54) is 148 Å². The summed E-state index contributed by atoms with van der Waals surface area (Å²) in [6.45, 7) is 5.79. The molecule has 11 nitrogen and oxygen atoms in total. The van der Waals surface area contributed by atoms with Crippen molar-refractivity contribution in [3.8, 4) is 0 Å². The van der Waals surface area contributed by atoms with Crippen LogP contribution in [0.5, 0.6) is 0 Å². The predicted octanol–water partition coefficient (Wildman–Crippen LogP) is 8.92. The summed E-state index contributed by atoms with van der Waals surface area (Å²) in [5.74, 6) is 0.122. The molecule has 0 bridgehead atoms. The molecule has 0 saturated carbocycles. The second-order valence-electron chi connectivity index (χ2n) is 18.5. The van der Waals surface area contributed by atoms with Gasteiger partial charge < -0.3 is 50.5 Å². The first-order chi connectivity index (χ1) is 29.1. The molecule has 1 saturated heterocycles. The van der Waals surface area contributed by atoms with Crippen molar-refractivity contribution >= 4 is 5.91 Å². The average Bonchev–Trinajstić information content (AvgIpc) is 3.25. The Balaban J connectivity index is 2.37. The van der Waals surface area contributed by atoms with E-state index in [1.54, 1.807) is 0 Å². The molecule has 1 amide bonds. The van der Waals surface area contributed by atoms with Crippen LogP contribution < -0.4 is 5.32 Å². The van der Waals surface area contributed by atoms with Crippen molar-refractivity contribution < 1.29 is 50.0 Å². The van der Waals surface area contributed by atoms with Gasteiger partial charge in [-0.3, -0.25) is 4.79 Å². The van der Waals surface area contributed by atoms with Crippen molar-refractivity contribution in [3.05, 3.63) is 0 Å². The Morgan fingerprint density at radius 3 is 1.38 bits per heavy atom. The van der Waals surface area contributed by atoms with Crippen LogP contribution in [0.4, 0.5) is 0 Å². The number of nitrogens with one attached hydrogen (secondary N) is 1. The molecule has 1 fully saturated rings. The topological polar surface area (TPSA) is 189 Å². The van der Waals surface area contributed by atoms with Crippen LogP contribution in [0.2, 0.25) is 0 Å². The summed E-state index contributed by atoms with van der Waals surface area (Å²) in [7, 11) is 0. The van der Waals surface area contributed by atoms with Crippen LogP contribution in [0.3, 0.4) is 0 Å². The Hall–Kier alpha value is -0.890. The van der Waals surface area contributed by atoms with Crippen LogP contribution in [0, 0.1) is 5.92 Å². The number of unbranched alkanes of at least 4 members (excludes halogenated alkanes) is 27. The minimum atomic E-state index is -1.66. The molecule has 0 spiro atoms. The highest BCUT2D eigenvalue weighted by atomic mass is 16.7. The first kappa shape index (κ1) is 57.1. The average molecular weight is 860 g/mol. The molecule has 60 heavy (non-hydrogen) atoms. The molecule has 1 aliphatic heterocycles. The molecule has 0 aromatic heterocycles. The Labute approximate surface area is 367 Å². The van der Waals surface area contributed by atoms with E-state index in [4.69, 9.17) is 9.47 Å². The van der Waals surface area contributed by atoms with E-state index in [0.717, 1.165) is 44.4 Å². The van der Waals surface area contributed by atoms with Gasteiger partial charge in [-0.2, -0.15) is 0 Å². The highest BCUT2D eigenvalue weighted by molar-refractivity contribution is 5.80. The summed E-state index contributed by atoms with van der Waals surface area (Å²) in [5, 5.41) is 75.8.